The Balaban J connectivity index is 2.01. The number of amides is 1. The Morgan fingerprint density at radius 3 is 2.48 bits per heavy atom. The number of benzene rings is 1. The summed E-state index contributed by atoms with van der Waals surface area (Å²) in [5, 5.41) is 11.6. The highest BCUT2D eigenvalue weighted by Gasteiger charge is 2.25. The SMILES string of the molecule is Cc1ccc(CSc2nnc([C@H](CC(C)C)NC(=O)OC(C)(C)C)o2)cc1. The number of alkyl carbamates (subject to hydrolysis) is 1. The average molecular weight is 392 g/mol. The standard InChI is InChI=1S/C20H29N3O3S/c1-13(2)11-16(21-18(24)26-20(4,5)6)17-22-23-19(25-17)27-12-15-9-7-14(3)8-10-15/h7-10,13,16H,11-12H2,1-6H3,(H,21,24)/t16-/m0/s1. The number of nitrogens with zero attached hydrogens (tertiary/aromatic N) is 2. The number of hydrogen-bond donors (Lipinski definition) is 1. The molecule has 1 amide bonds. The molecule has 27 heavy (non-hydrogen) atoms. The van der Waals surface area contributed by atoms with Crippen molar-refractivity contribution in [3.8, 4) is 0 Å². The van der Waals surface area contributed by atoms with Crippen LogP contribution < -0.4 is 5.32 Å². The fraction of sp³-hybridized carbons (Fsp3) is 0.550. The summed E-state index contributed by atoms with van der Waals surface area (Å²) in [5.74, 6) is 1.50. The fourth-order valence-corrected chi connectivity index (χ4v) is 3.12. The molecule has 1 atom stereocenters. The molecule has 0 radical (unpaired) electrons. The molecule has 1 N–H and O–H groups in total. The van der Waals surface area contributed by atoms with E-state index in [4.69, 9.17) is 9.15 Å². The van der Waals surface area contributed by atoms with Crippen molar-refractivity contribution in [2.24, 2.45) is 5.92 Å². The second-order valence-corrected chi connectivity index (χ2v) is 8.94. The van der Waals surface area contributed by atoms with Gasteiger partial charge in [-0.3, -0.25) is 0 Å². The van der Waals surface area contributed by atoms with E-state index >= 15 is 0 Å². The van der Waals surface area contributed by atoms with E-state index in [9.17, 15) is 4.79 Å². The monoisotopic (exact) mass is 391 g/mol. The lowest BCUT2D eigenvalue weighted by atomic mass is 10.0. The van der Waals surface area contributed by atoms with E-state index in [0.717, 1.165) is 5.75 Å². The summed E-state index contributed by atoms with van der Waals surface area (Å²) < 4.78 is 11.1. The molecule has 6 nitrogen and oxygen atoms in total. The van der Waals surface area contributed by atoms with Crippen molar-refractivity contribution in [2.45, 2.75) is 70.6 Å². The molecule has 148 valence electrons. The van der Waals surface area contributed by atoms with Crippen LogP contribution in [-0.4, -0.2) is 21.9 Å². The van der Waals surface area contributed by atoms with Gasteiger partial charge in [-0.1, -0.05) is 55.4 Å². The third kappa shape index (κ3) is 7.62. The van der Waals surface area contributed by atoms with E-state index in [2.05, 4.69) is 60.6 Å². The largest absolute Gasteiger partial charge is 0.444 e. The van der Waals surface area contributed by atoms with Gasteiger partial charge in [0.05, 0.1) is 0 Å². The number of aromatic nitrogens is 2. The molecule has 0 fully saturated rings. The second kappa shape index (κ2) is 9.26. The smallest absolute Gasteiger partial charge is 0.408 e. The molecule has 0 saturated heterocycles. The highest BCUT2D eigenvalue weighted by molar-refractivity contribution is 7.98. The van der Waals surface area contributed by atoms with Gasteiger partial charge in [0.25, 0.3) is 5.22 Å². The Morgan fingerprint density at radius 1 is 1.22 bits per heavy atom. The number of hydrogen-bond acceptors (Lipinski definition) is 6. The first kappa shape index (κ1) is 21.3. The summed E-state index contributed by atoms with van der Waals surface area (Å²) in [4.78, 5) is 12.1. The fourth-order valence-electron chi connectivity index (χ4n) is 2.39. The van der Waals surface area contributed by atoms with Crippen LogP contribution in [0.3, 0.4) is 0 Å². The molecular weight excluding hydrogens is 362 g/mol. The van der Waals surface area contributed by atoms with E-state index in [1.54, 1.807) is 0 Å². The maximum Gasteiger partial charge on any atom is 0.408 e. The van der Waals surface area contributed by atoms with Gasteiger partial charge in [0.2, 0.25) is 5.89 Å². The zero-order chi connectivity index (χ0) is 20.0. The van der Waals surface area contributed by atoms with E-state index in [1.807, 2.05) is 20.8 Å². The predicted octanol–water partition coefficient (Wildman–Crippen LogP) is 5.28. The minimum atomic E-state index is -0.559. The molecule has 1 aromatic heterocycles. The lowest BCUT2D eigenvalue weighted by molar-refractivity contribution is 0.0487. The van der Waals surface area contributed by atoms with Crippen LogP contribution >= 0.6 is 11.8 Å². The minimum Gasteiger partial charge on any atom is -0.444 e. The number of ether oxygens (including phenoxy) is 1. The minimum absolute atomic E-state index is 0.348. The molecule has 0 aliphatic heterocycles. The number of rotatable bonds is 7. The summed E-state index contributed by atoms with van der Waals surface area (Å²) in [6.07, 6.45) is 0.198. The van der Waals surface area contributed by atoms with Crippen molar-refractivity contribution in [3.63, 3.8) is 0 Å². The van der Waals surface area contributed by atoms with Crippen LogP contribution in [0.1, 0.15) is 64.1 Å². The molecule has 0 saturated carbocycles. The molecule has 7 heteroatoms. The van der Waals surface area contributed by atoms with Gasteiger partial charge in [-0.05, 0) is 45.6 Å². The molecule has 0 aliphatic carbocycles. The van der Waals surface area contributed by atoms with Crippen LogP contribution in [0, 0.1) is 12.8 Å². The van der Waals surface area contributed by atoms with Gasteiger partial charge in [0.15, 0.2) is 0 Å². The van der Waals surface area contributed by atoms with Crippen molar-refractivity contribution >= 4 is 17.9 Å². The van der Waals surface area contributed by atoms with Gasteiger partial charge in [-0.25, -0.2) is 4.79 Å². The molecule has 0 bridgehead atoms. The highest BCUT2D eigenvalue weighted by atomic mass is 32.2. The molecule has 2 aromatic rings. The lowest BCUT2D eigenvalue weighted by Gasteiger charge is -2.22. The first-order chi connectivity index (χ1) is 12.6. The van der Waals surface area contributed by atoms with E-state index in [1.165, 1.54) is 22.9 Å². The summed E-state index contributed by atoms with van der Waals surface area (Å²) in [6.45, 7) is 11.7. The first-order valence-corrected chi connectivity index (χ1v) is 10.1. The predicted molar refractivity (Wildman–Crippen MR) is 107 cm³/mol. The topological polar surface area (TPSA) is 77.2 Å². The van der Waals surface area contributed by atoms with Crippen LogP contribution in [0.2, 0.25) is 0 Å². The number of aryl methyl sites for hydroxylation is 1. The van der Waals surface area contributed by atoms with Gasteiger partial charge in [-0.15, -0.1) is 10.2 Å². The average Bonchev–Trinajstić information content (AvgIpc) is 3.00. The lowest BCUT2D eigenvalue weighted by Crippen LogP contribution is -2.35. The molecule has 1 aromatic carbocycles. The Morgan fingerprint density at radius 2 is 1.89 bits per heavy atom. The van der Waals surface area contributed by atoms with Gasteiger partial charge in [-0.2, -0.15) is 0 Å². The zero-order valence-corrected chi connectivity index (χ0v) is 17.7. The Bertz CT molecular complexity index is 736. The van der Waals surface area contributed by atoms with E-state index in [-0.39, 0.29) is 6.04 Å². The van der Waals surface area contributed by atoms with Gasteiger partial charge < -0.3 is 14.5 Å². The summed E-state index contributed by atoms with van der Waals surface area (Å²) in [7, 11) is 0. The first-order valence-electron chi connectivity index (χ1n) is 9.13. The van der Waals surface area contributed by atoms with Crippen LogP contribution in [0.25, 0.3) is 0 Å². The molecule has 0 spiro atoms. The number of nitrogens with one attached hydrogen (secondary N) is 1. The van der Waals surface area contributed by atoms with Gasteiger partial charge in [0, 0.05) is 5.75 Å². The van der Waals surface area contributed by atoms with Crippen molar-refractivity contribution in [1.29, 1.82) is 0 Å². The Hall–Kier alpha value is -2.02. The normalized spacial score (nSPS) is 12.9. The number of carbonyl (C=O) groups is 1. The van der Waals surface area contributed by atoms with E-state index in [0.29, 0.717) is 23.5 Å². The molecule has 0 unspecified atom stereocenters. The molecule has 2 rings (SSSR count). The van der Waals surface area contributed by atoms with Crippen LogP contribution in [0.5, 0.6) is 0 Å². The third-order valence-electron chi connectivity index (χ3n) is 3.60. The molecular formula is C20H29N3O3S. The summed E-state index contributed by atoms with van der Waals surface area (Å²) in [6, 6.07) is 7.97. The van der Waals surface area contributed by atoms with Crippen molar-refractivity contribution in [2.75, 3.05) is 0 Å². The van der Waals surface area contributed by atoms with Gasteiger partial charge >= 0.3 is 6.09 Å². The second-order valence-electron chi connectivity index (χ2n) is 8.01. The Labute approximate surface area is 165 Å². The van der Waals surface area contributed by atoms with Crippen LogP contribution in [-0.2, 0) is 10.5 Å². The quantitative estimate of drug-likeness (QED) is 0.647. The number of carbonyl (C=O) groups excluding carboxylic acids is 1. The van der Waals surface area contributed by atoms with Gasteiger partial charge in [0.1, 0.15) is 11.6 Å². The zero-order valence-electron chi connectivity index (χ0n) is 16.9. The summed E-state index contributed by atoms with van der Waals surface area (Å²) in [5.41, 5.74) is 1.86. The van der Waals surface area contributed by atoms with Crippen LogP contribution in [0.4, 0.5) is 4.79 Å². The third-order valence-corrected chi connectivity index (χ3v) is 4.49. The maximum absolute atomic E-state index is 12.1. The molecule has 1 heterocycles. The number of thioether (sulfide) groups is 1. The molecule has 0 aliphatic rings. The highest BCUT2D eigenvalue weighted by Crippen LogP contribution is 2.26. The van der Waals surface area contributed by atoms with Crippen molar-refractivity contribution in [3.05, 3.63) is 41.3 Å². The van der Waals surface area contributed by atoms with Crippen molar-refractivity contribution in [1.82, 2.24) is 15.5 Å². The summed E-state index contributed by atoms with van der Waals surface area (Å²) >= 11 is 1.48. The van der Waals surface area contributed by atoms with E-state index < -0.39 is 11.7 Å². The maximum atomic E-state index is 12.1. The van der Waals surface area contributed by atoms with Crippen LogP contribution in [0.15, 0.2) is 33.9 Å². The Kier molecular flexibility index (Phi) is 7.30. The van der Waals surface area contributed by atoms with Crippen molar-refractivity contribution < 1.29 is 13.9 Å².